The van der Waals surface area contributed by atoms with E-state index in [0.29, 0.717) is 0 Å². The molecule has 1 heterocycles. The van der Waals surface area contributed by atoms with Crippen molar-refractivity contribution in [3.05, 3.63) is 41.2 Å². The smallest absolute Gasteiger partial charge is 0.0842 e. The number of nitrogens with two attached hydrogens (primary N) is 1. The lowest BCUT2D eigenvalue weighted by Gasteiger charge is -2.09. The van der Waals surface area contributed by atoms with Gasteiger partial charge in [-0.3, -0.25) is 4.68 Å². The van der Waals surface area contributed by atoms with Gasteiger partial charge >= 0.3 is 0 Å². The fourth-order valence-corrected chi connectivity index (χ4v) is 2.74. The molecule has 1 aromatic carbocycles. The summed E-state index contributed by atoms with van der Waals surface area (Å²) in [5.41, 5.74) is 7.00. The molecule has 2 rings (SSSR count). The monoisotopic (exact) mass is 282 g/mol. The first-order valence-corrected chi connectivity index (χ1v) is 6.99. The molecule has 0 fully saturated rings. The molecule has 1 atom stereocenters. The zero-order chi connectivity index (χ0) is 13.0. The Morgan fingerprint density at radius 3 is 3.00 bits per heavy atom. The van der Waals surface area contributed by atoms with Crippen LogP contribution in [0.1, 0.15) is 5.69 Å². The van der Waals surface area contributed by atoms with Crippen molar-refractivity contribution in [3.8, 4) is 0 Å². The minimum Gasteiger partial charge on any atom is -0.327 e. The molecule has 0 aliphatic rings. The van der Waals surface area contributed by atoms with Gasteiger partial charge in [0.25, 0.3) is 0 Å². The van der Waals surface area contributed by atoms with E-state index in [4.69, 9.17) is 17.3 Å². The van der Waals surface area contributed by atoms with Crippen molar-refractivity contribution in [2.24, 2.45) is 12.8 Å². The van der Waals surface area contributed by atoms with Gasteiger partial charge < -0.3 is 5.73 Å². The topological polar surface area (TPSA) is 56.7 Å². The summed E-state index contributed by atoms with van der Waals surface area (Å²) in [6, 6.07) is 7.85. The molecule has 0 amide bonds. The van der Waals surface area contributed by atoms with Gasteiger partial charge in [0.2, 0.25) is 0 Å². The van der Waals surface area contributed by atoms with Gasteiger partial charge in [-0.15, -0.1) is 16.9 Å². The van der Waals surface area contributed by atoms with Crippen LogP contribution in [0.3, 0.4) is 0 Å². The summed E-state index contributed by atoms with van der Waals surface area (Å²) in [4.78, 5) is 1.14. The van der Waals surface area contributed by atoms with Crippen LogP contribution in [0.4, 0.5) is 0 Å². The number of nitrogens with zero attached hydrogens (tertiary/aromatic N) is 3. The minimum absolute atomic E-state index is 0.0608. The molecule has 96 valence electrons. The van der Waals surface area contributed by atoms with Crippen LogP contribution in [0.2, 0.25) is 5.02 Å². The maximum Gasteiger partial charge on any atom is 0.0842 e. The molecule has 1 unspecified atom stereocenters. The lowest BCUT2D eigenvalue weighted by atomic mass is 10.2. The van der Waals surface area contributed by atoms with Crippen LogP contribution < -0.4 is 5.73 Å². The van der Waals surface area contributed by atoms with Crippen molar-refractivity contribution < 1.29 is 0 Å². The molecule has 0 saturated carbocycles. The van der Waals surface area contributed by atoms with Crippen LogP contribution in [0.5, 0.6) is 0 Å². The predicted molar refractivity (Wildman–Crippen MR) is 74.9 cm³/mol. The van der Waals surface area contributed by atoms with Gasteiger partial charge in [-0.25, -0.2) is 0 Å². The highest BCUT2D eigenvalue weighted by atomic mass is 35.5. The van der Waals surface area contributed by atoms with Crippen LogP contribution in [0.25, 0.3) is 0 Å². The van der Waals surface area contributed by atoms with E-state index in [9.17, 15) is 0 Å². The fraction of sp³-hybridized carbons (Fsp3) is 0.333. The molecule has 0 spiro atoms. The molecule has 0 bridgehead atoms. The van der Waals surface area contributed by atoms with E-state index in [1.165, 1.54) is 0 Å². The zero-order valence-electron chi connectivity index (χ0n) is 10.1. The van der Waals surface area contributed by atoms with E-state index in [-0.39, 0.29) is 6.04 Å². The van der Waals surface area contributed by atoms with E-state index in [0.717, 1.165) is 27.8 Å². The van der Waals surface area contributed by atoms with E-state index < -0.39 is 0 Å². The average Bonchev–Trinajstić information content (AvgIpc) is 2.72. The van der Waals surface area contributed by atoms with Crippen molar-refractivity contribution in [2.75, 3.05) is 5.75 Å². The van der Waals surface area contributed by atoms with Crippen LogP contribution in [0, 0.1) is 0 Å². The summed E-state index contributed by atoms with van der Waals surface area (Å²) in [6.07, 6.45) is 2.63. The van der Waals surface area contributed by atoms with Gasteiger partial charge in [0.05, 0.1) is 5.69 Å². The number of hydrogen-bond donors (Lipinski definition) is 1. The highest BCUT2D eigenvalue weighted by molar-refractivity contribution is 7.99. The first kappa shape index (κ1) is 13.4. The van der Waals surface area contributed by atoms with Crippen molar-refractivity contribution in [1.29, 1.82) is 0 Å². The Morgan fingerprint density at radius 2 is 2.33 bits per heavy atom. The summed E-state index contributed by atoms with van der Waals surface area (Å²) in [5.74, 6) is 0.830. The average molecular weight is 283 g/mol. The van der Waals surface area contributed by atoms with Crippen LogP contribution >= 0.6 is 23.4 Å². The molecule has 18 heavy (non-hydrogen) atoms. The molecule has 0 radical (unpaired) electrons. The number of aryl methyl sites for hydroxylation is 1. The van der Waals surface area contributed by atoms with Crippen molar-refractivity contribution in [1.82, 2.24) is 15.0 Å². The Balaban J connectivity index is 1.83. The van der Waals surface area contributed by atoms with Crippen LogP contribution in [-0.2, 0) is 13.5 Å². The van der Waals surface area contributed by atoms with Gasteiger partial charge in [0.1, 0.15) is 0 Å². The second-order valence-corrected chi connectivity index (χ2v) is 5.65. The Kier molecular flexibility index (Phi) is 4.63. The third kappa shape index (κ3) is 4.01. The molecule has 0 aliphatic heterocycles. The SMILES string of the molecule is Cn1cc(CC(N)CSc2cccc(Cl)c2)nn1. The highest BCUT2D eigenvalue weighted by Crippen LogP contribution is 2.22. The summed E-state index contributed by atoms with van der Waals surface area (Å²) >= 11 is 7.63. The minimum atomic E-state index is 0.0608. The number of benzene rings is 1. The number of thioether (sulfide) groups is 1. The Bertz CT molecular complexity index is 514. The summed E-state index contributed by atoms with van der Waals surface area (Å²) in [5, 5.41) is 8.67. The maximum atomic E-state index is 6.07. The molecule has 2 N–H and O–H groups in total. The Labute approximate surface area is 116 Å². The second-order valence-electron chi connectivity index (χ2n) is 4.12. The normalized spacial score (nSPS) is 12.6. The van der Waals surface area contributed by atoms with Gasteiger partial charge in [-0.1, -0.05) is 22.9 Å². The first-order chi connectivity index (χ1) is 8.63. The molecule has 6 heteroatoms. The number of rotatable bonds is 5. The zero-order valence-corrected chi connectivity index (χ0v) is 11.7. The molecular weight excluding hydrogens is 268 g/mol. The molecule has 4 nitrogen and oxygen atoms in total. The third-order valence-corrected chi connectivity index (χ3v) is 3.80. The largest absolute Gasteiger partial charge is 0.327 e. The van der Waals surface area contributed by atoms with Crippen molar-refractivity contribution in [2.45, 2.75) is 17.4 Å². The Hall–Kier alpha value is -1.04. The number of halogens is 1. The molecule has 1 aromatic heterocycles. The molecule has 0 aliphatic carbocycles. The van der Waals surface area contributed by atoms with Crippen LogP contribution in [-0.4, -0.2) is 26.8 Å². The van der Waals surface area contributed by atoms with Crippen molar-refractivity contribution in [3.63, 3.8) is 0 Å². The molecular formula is C12H15ClN4S. The predicted octanol–water partition coefficient (Wildman–Crippen LogP) is 2.13. The lowest BCUT2D eigenvalue weighted by Crippen LogP contribution is -2.25. The lowest BCUT2D eigenvalue weighted by molar-refractivity contribution is 0.704. The second kappa shape index (κ2) is 6.22. The number of aromatic nitrogens is 3. The summed E-state index contributed by atoms with van der Waals surface area (Å²) < 4.78 is 1.69. The van der Waals surface area contributed by atoms with Gasteiger partial charge in [0, 0.05) is 41.4 Å². The van der Waals surface area contributed by atoms with Crippen molar-refractivity contribution >= 4 is 23.4 Å². The van der Waals surface area contributed by atoms with Crippen LogP contribution in [0.15, 0.2) is 35.4 Å². The van der Waals surface area contributed by atoms with E-state index in [1.54, 1.807) is 16.4 Å². The van der Waals surface area contributed by atoms with E-state index >= 15 is 0 Å². The summed E-state index contributed by atoms with van der Waals surface area (Å²) in [6.45, 7) is 0. The number of hydrogen-bond acceptors (Lipinski definition) is 4. The van der Waals surface area contributed by atoms with E-state index in [1.807, 2.05) is 37.5 Å². The Morgan fingerprint density at radius 1 is 1.50 bits per heavy atom. The maximum absolute atomic E-state index is 6.07. The third-order valence-electron chi connectivity index (χ3n) is 2.38. The quantitative estimate of drug-likeness (QED) is 0.854. The first-order valence-electron chi connectivity index (χ1n) is 5.62. The van der Waals surface area contributed by atoms with Gasteiger partial charge in [-0.2, -0.15) is 0 Å². The standard InChI is InChI=1S/C12H15ClN4S/c1-17-7-11(15-16-17)6-10(14)8-18-12-4-2-3-9(13)5-12/h2-5,7,10H,6,8,14H2,1H3. The fourth-order valence-electron chi connectivity index (χ4n) is 1.58. The highest BCUT2D eigenvalue weighted by Gasteiger charge is 2.08. The van der Waals surface area contributed by atoms with E-state index in [2.05, 4.69) is 10.3 Å². The van der Waals surface area contributed by atoms with Gasteiger partial charge in [0.15, 0.2) is 0 Å². The molecule has 2 aromatic rings. The van der Waals surface area contributed by atoms with Gasteiger partial charge in [-0.05, 0) is 18.2 Å². The molecule has 0 saturated heterocycles. The summed E-state index contributed by atoms with van der Waals surface area (Å²) in [7, 11) is 1.85.